The highest BCUT2D eigenvalue weighted by atomic mass is 32.2. The SMILES string of the molecule is CN(C)c1ccc(N=Nc2ncc(N=Nc3ccc(N4CCN(C(S)S)CC4)cc3)cn2)cc1. The van der Waals surface area contributed by atoms with Crippen LogP contribution in [0.1, 0.15) is 0 Å². The Morgan fingerprint density at radius 3 is 1.82 bits per heavy atom. The Kier molecular flexibility index (Phi) is 8.09. The van der Waals surface area contributed by atoms with E-state index < -0.39 is 0 Å². The lowest BCUT2D eigenvalue weighted by Gasteiger charge is -2.37. The van der Waals surface area contributed by atoms with Crippen LogP contribution in [0.5, 0.6) is 0 Å². The standard InChI is InChI=1S/C23H27N9S2/c1-30(2)20-7-3-18(4-8-20)27-29-22-24-15-19(16-25-22)28-26-17-5-9-21(10-6-17)31-11-13-32(14-12-31)23(33)34/h3-10,15-16,23,33-34H,11-14H2,1-2H3. The van der Waals surface area contributed by atoms with Crippen LogP contribution in [-0.4, -0.2) is 59.8 Å². The molecular formula is C23H27N9S2. The molecule has 0 unspecified atom stereocenters. The van der Waals surface area contributed by atoms with E-state index in [4.69, 9.17) is 0 Å². The van der Waals surface area contributed by atoms with Crippen molar-refractivity contribution in [3.8, 4) is 0 Å². The Morgan fingerprint density at radius 1 is 0.735 bits per heavy atom. The van der Waals surface area contributed by atoms with Gasteiger partial charge in [-0.1, -0.05) is 0 Å². The molecule has 0 amide bonds. The summed E-state index contributed by atoms with van der Waals surface area (Å²) in [6.45, 7) is 3.77. The molecule has 0 saturated carbocycles. The van der Waals surface area contributed by atoms with Gasteiger partial charge in [-0.05, 0) is 48.5 Å². The predicted molar refractivity (Wildman–Crippen MR) is 143 cm³/mol. The molecule has 34 heavy (non-hydrogen) atoms. The van der Waals surface area contributed by atoms with Crippen LogP contribution < -0.4 is 9.80 Å². The number of azo groups is 2. The van der Waals surface area contributed by atoms with Crippen LogP contribution in [0, 0.1) is 0 Å². The minimum atomic E-state index is -0.00785. The third-order valence-electron chi connectivity index (χ3n) is 5.38. The van der Waals surface area contributed by atoms with Gasteiger partial charge in [0.15, 0.2) is 0 Å². The number of anilines is 2. The van der Waals surface area contributed by atoms with E-state index in [1.807, 2.05) is 55.4 Å². The fraction of sp³-hybridized carbons (Fsp3) is 0.304. The maximum Gasteiger partial charge on any atom is 0.268 e. The lowest BCUT2D eigenvalue weighted by atomic mass is 10.2. The van der Waals surface area contributed by atoms with Crippen LogP contribution in [0.2, 0.25) is 0 Å². The van der Waals surface area contributed by atoms with Crippen molar-refractivity contribution in [1.82, 2.24) is 14.9 Å². The molecule has 0 radical (unpaired) electrons. The van der Waals surface area contributed by atoms with Crippen molar-refractivity contribution in [2.45, 2.75) is 4.71 Å². The first-order chi connectivity index (χ1) is 16.5. The summed E-state index contributed by atoms with van der Waals surface area (Å²) in [7, 11) is 3.98. The second-order valence-corrected chi connectivity index (χ2v) is 9.32. The number of nitrogens with zero attached hydrogens (tertiary/aromatic N) is 9. The molecule has 11 heteroatoms. The molecule has 1 aliphatic rings. The van der Waals surface area contributed by atoms with Crippen molar-refractivity contribution in [2.75, 3.05) is 50.1 Å². The smallest absolute Gasteiger partial charge is 0.268 e. The number of hydrogen-bond acceptors (Lipinski definition) is 11. The van der Waals surface area contributed by atoms with Gasteiger partial charge in [0.25, 0.3) is 5.95 Å². The zero-order chi connectivity index (χ0) is 23.9. The molecule has 3 aromatic rings. The molecule has 0 spiro atoms. The topological polar surface area (TPSA) is 84.9 Å². The van der Waals surface area contributed by atoms with Gasteiger partial charge in [-0.25, -0.2) is 9.97 Å². The maximum atomic E-state index is 4.39. The second-order valence-electron chi connectivity index (χ2n) is 7.94. The van der Waals surface area contributed by atoms with E-state index in [0.717, 1.165) is 43.2 Å². The summed E-state index contributed by atoms with van der Waals surface area (Å²) in [5.41, 5.74) is 4.30. The zero-order valence-electron chi connectivity index (χ0n) is 19.1. The number of hydrogen-bond donors (Lipinski definition) is 2. The zero-order valence-corrected chi connectivity index (χ0v) is 20.9. The third kappa shape index (κ3) is 6.52. The normalized spacial score (nSPS) is 15.0. The third-order valence-corrected chi connectivity index (χ3v) is 6.04. The average molecular weight is 494 g/mol. The van der Waals surface area contributed by atoms with Crippen molar-refractivity contribution in [2.24, 2.45) is 20.5 Å². The van der Waals surface area contributed by atoms with Crippen LogP contribution >= 0.6 is 25.3 Å². The van der Waals surface area contributed by atoms with Gasteiger partial charge >= 0.3 is 0 Å². The molecule has 9 nitrogen and oxygen atoms in total. The summed E-state index contributed by atoms with van der Waals surface area (Å²) in [6, 6.07) is 15.8. The fourth-order valence-corrected chi connectivity index (χ4v) is 3.86. The molecule has 0 bridgehead atoms. The summed E-state index contributed by atoms with van der Waals surface area (Å²) >= 11 is 8.79. The number of benzene rings is 2. The first-order valence-electron chi connectivity index (χ1n) is 10.9. The van der Waals surface area contributed by atoms with Crippen molar-refractivity contribution in [3.63, 3.8) is 0 Å². The van der Waals surface area contributed by atoms with Crippen molar-refractivity contribution in [3.05, 3.63) is 60.9 Å². The van der Waals surface area contributed by atoms with Gasteiger partial charge in [0, 0.05) is 51.6 Å². The summed E-state index contributed by atoms with van der Waals surface area (Å²) in [5.74, 6) is 0.266. The lowest BCUT2D eigenvalue weighted by Crippen LogP contribution is -2.47. The van der Waals surface area contributed by atoms with Gasteiger partial charge in [-0.3, -0.25) is 4.90 Å². The molecule has 1 saturated heterocycles. The first-order valence-corrected chi connectivity index (χ1v) is 11.9. The van der Waals surface area contributed by atoms with E-state index in [1.54, 1.807) is 12.4 Å². The van der Waals surface area contributed by atoms with Crippen molar-refractivity contribution >= 4 is 59.6 Å². The van der Waals surface area contributed by atoms with Gasteiger partial charge in [0.2, 0.25) is 0 Å². The molecule has 2 aromatic carbocycles. The molecule has 0 N–H and O–H groups in total. The highest BCUT2D eigenvalue weighted by Crippen LogP contribution is 2.24. The Bertz CT molecular complexity index is 1110. The van der Waals surface area contributed by atoms with Gasteiger partial charge in [-0.15, -0.1) is 40.6 Å². The van der Waals surface area contributed by atoms with Crippen molar-refractivity contribution in [1.29, 1.82) is 0 Å². The van der Waals surface area contributed by atoms with E-state index in [2.05, 4.69) is 77.6 Å². The minimum Gasteiger partial charge on any atom is -0.378 e. The van der Waals surface area contributed by atoms with Crippen LogP contribution in [0.4, 0.5) is 34.4 Å². The average Bonchev–Trinajstić information content (AvgIpc) is 2.87. The molecule has 2 heterocycles. The minimum absolute atomic E-state index is 0.00785. The van der Waals surface area contributed by atoms with Gasteiger partial charge < -0.3 is 9.80 Å². The Labute approximate surface area is 210 Å². The maximum absolute atomic E-state index is 4.39. The second kappa shape index (κ2) is 11.4. The van der Waals surface area contributed by atoms with E-state index in [0.29, 0.717) is 5.69 Å². The van der Waals surface area contributed by atoms with Crippen LogP contribution in [0.3, 0.4) is 0 Å². The van der Waals surface area contributed by atoms with E-state index in [9.17, 15) is 0 Å². The highest BCUT2D eigenvalue weighted by molar-refractivity contribution is 7.99. The molecule has 1 fully saturated rings. The van der Waals surface area contributed by atoms with E-state index >= 15 is 0 Å². The molecule has 0 aliphatic carbocycles. The summed E-state index contributed by atoms with van der Waals surface area (Å²) in [6.07, 6.45) is 3.15. The number of piperazine rings is 1. The number of thiol groups is 2. The summed E-state index contributed by atoms with van der Waals surface area (Å²) < 4.78 is -0.00785. The van der Waals surface area contributed by atoms with Crippen LogP contribution in [0.15, 0.2) is 81.4 Å². The van der Waals surface area contributed by atoms with E-state index in [-0.39, 0.29) is 10.7 Å². The monoisotopic (exact) mass is 493 g/mol. The molecule has 4 rings (SSSR count). The number of rotatable bonds is 7. The molecular weight excluding hydrogens is 466 g/mol. The lowest BCUT2D eigenvalue weighted by molar-refractivity contribution is 0.287. The first kappa shape index (κ1) is 24.1. The fourth-order valence-electron chi connectivity index (χ4n) is 3.39. The Morgan fingerprint density at radius 2 is 1.26 bits per heavy atom. The predicted octanol–water partition coefficient (Wildman–Crippen LogP) is 5.64. The van der Waals surface area contributed by atoms with Crippen LogP contribution in [-0.2, 0) is 0 Å². The summed E-state index contributed by atoms with van der Waals surface area (Å²) in [4.78, 5) is 15.0. The molecule has 0 atom stereocenters. The van der Waals surface area contributed by atoms with Crippen molar-refractivity contribution < 1.29 is 0 Å². The van der Waals surface area contributed by atoms with Crippen LogP contribution in [0.25, 0.3) is 0 Å². The molecule has 1 aliphatic heterocycles. The quantitative estimate of drug-likeness (QED) is 0.253. The summed E-state index contributed by atoms with van der Waals surface area (Å²) in [5, 5.41) is 16.8. The molecule has 1 aromatic heterocycles. The van der Waals surface area contributed by atoms with Gasteiger partial charge in [0.05, 0.1) is 28.5 Å². The van der Waals surface area contributed by atoms with E-state index in [1.165, 1.54) is 5.69 Å². The Hall–Kier alpha value is -3.02. The Balaban J connectivity index is 1.31. The largest absolute Gasteiger partial charge is 0.378 e. The van der Waals surface area contributed by atoms with Gasteiger partial charge in [0.1, 0.15) is 5.69 Å². The molecule has 176 valence electrons. The van der Waals surface area contributed by atoms with Gasteiger partial charge in [-0.2, -0.15) is 5.11 Å². The highest BCUT2D eigenvalue weighted by Gasteiger charge is 2.19. The number of aromatic nitrogens is 2.